The molecule has 1 saturated heterocycles. The first kappa shape index (κ1) is 19.6. The van der Waals surface area contributed by atoms with E-state index in [1.54, 1.807) is 6.08 Å². The summed E-state index contributed by atoms with van der Waals surface area (Å²) in [6.45, 7) is 4.11. The zero-order valence-corrected chi connectivity index (χ0v) is 16.5. The van der Waals surface area contributed by atoms with Crippen LogP contribution in [0, 0.1) is 0 Å². The molecular formula is C22H25ClN2O2. The number of piperazine rings is 1. The summed E-state index contributed by atoms with van der Waals surface area (Å²) in [5.74, 6) is -0.353. The molecule has 1 aliphatic rings. The minimum absolute atomic E-state index is 0.155. The Morgan fingerprint density at radius 2 is 1.78 bits per heavy atom. The van der Waals surface area contributed by atoms with Gasteiger partial charge in [0.05, 0.1) is 13.2 Å². The summed E-state index contributed by atoms with van der Waals surface area (Å²) >= 11 is 6.10. The van der Waals surface area contributed by atoms with Crippen molar-refractivity contribution in [3.8, 4) is 0 Å². The summed E-state index contributed by atoms with van der Waals surface area (Å²) < 4.78 is 4.68. The number of rotatable bonds is 5. The summed E-state index contributed by atoms with van der Waals surface area (Å²) in [6.07, 6.45) is 3.24. The topological polar surface area (TPSA) is 32.8 Å². The minimum Gasteiger partial charge on any atom is -0.466 e. The molecule has 2 aromatic rings. The number of methoxy groups -OCH3 is 1. The lowest BCUT2D eigenvalue weighted by Crippen LogP contribution is -2.46. The second-order valence-corrected chi connectivity index (χ2v) is 7.26. The van der Waals surface area contributed by atoms with Gasteiger partial charge in [-0.15, -0.1) is 0 Å². The van der Waals surface area contributed by atoms with E-state index in [0.717, 1.165) is 36.8 Å². The van der Waals surface area contributed by atoms with Crippen LogP contribution in [-0.4, -0.2) is 56.1 Å². The van der Waals surface area contributed by atoms with E-state index in [1.807, 2.05) is 24.3 Å². The molecule has 2 aromatic carbocycles. The van der Waals surface area contributed by atoms with Gasteiger partial charge in [0.25, 0.3) is 0 Å². The third-order valence-electron chi connectivity index (χ3n) is 4.93. The molecule has 0 bridgehead atoms. The first-order valence-corrected chi connectivity index (χ1v) is 9.48. The largest absolute Gasteiger partial charge is 0.466 e. The number of hydrogen-bond acceptors (Lipinski definition) is 4. The van der Waals surface area contributed by atoms with E-state index in [9.17, 15) is 4.79 Å². The smallest absolute Gasteiger partial charge is 0.330 e. The summed E-state index contributed by atoms with van der Waals surface area (Å²) in [7, 11) is 3.54. The average Bonchev–Trinajstić information content (AvgIpc) is 2.69. The Labute approximate surface area is 166 Å². The number of halogens is 1. The first-order chi connectivity index (χ1) is 13.1. The van der Waals surface area contributed by atoms with Crippen LogP contribution in [0.2, 0.25) is 5.02 Å². The number of nitrogens with zero attached hydrogens (tertiary/aromatic N) is 2. The predicted molar refractivity (Wildman–Crippen MR) is 110 cm³/mol. The van der Waals surface area contributed by atoms with Crippen LogP contribution in [0.4, 0.5) is 0 Å². The van der Waals surface area contributed by atoms with Gasteiger partial charge in [-0.25, -0.2) is 4.79 Å². The molecule has 0 aliphatic carbocycles. The van der Waals surface area contributed by atoms with E-state index in [0.29, 0.717) is 0 Å². The van der Waals surface area contributed by atoms with Gasteiger partial charge in [0.1, 0.15) is 0 Å². The quantitative estimate of drug-likeness (QED) is 0.578. The second kappa shape index (κ2) is 9.18. The number of carbonyl (C=O) groups excluding carboxylic acids is 1. The van der Waals surface area contributed by atoms with Gasteiger partial charge in [-0.05, 0) is 48.0 Å². The van der Waals surface area contributed by atoms with Gasteiger partial charge >= 0.3 is 5.97 Å². The fourth-order valence-corrected chi connectivity index (χ4v) is 3.53. The van der Waals surface area contributed by atoms with Gasteiger partial charge in [-0.3, -0.25) is 4.90 Å². The van der Waals surface area contributed by atoms with E-state index >= 15 is 0 Å². The molecule has 4 nitrogen and oxygen atoms in total. The van der Waals surface area contributed by atoms with Crippen molar-refractivity contribution in [2.24, 2.45) is 0 Å². The Bertz CT molecular complexity index is 796. The Morgan fingerprint density at radius 1 is 1.07 bits per heavy atom. The van der Waals surface area contributed by atoms with E-state index in [4.69, 9.17) is 11.6 Å². The number of ether oxygens (including phenoxy) is 1. The lowest BCUT2D eigenvalue weighted by molar-refractivity contribution is -0.134. The SMILES string of the molecule is COC(=O)C=Cc1cccc(C(c2ccc(Cl)cc2)N2CCN(C)CC2)c1. The molecule has 0 spiro atoms. The highest BCUT2D eigenvalue weighted by Gasteiger charge is 2.25. The number of esters is 1. The van der Waals surface area contributed by atoms with E-state index in [2.05, 4.69) is 45.8 Å². The van der Waals surface area contributed by atoms with Crippen molar-refractivity contribution in [3.63, 3.8) is 0 Å². The van der Waals surface area contributed by atoms with Crippen LogP contribution in [0.15, 0.2) is 54.6 Å². The molecule has 0 N–H and O–H groups in total. The van der Waals surface area contributed by atoms with Crippen molar-refractivity contribution >= 4 is 23.6 Å². The third-order valence-corrected chi connectivity index (χ3v) is 5.18. The van der Waals surface area contributed by atoms with Gasteiger partial charge in [-0.1, -0.05) is 41.9 Å². The lowest BCUT2D eigenvalue weighted by Gasteiger charge is -2.38. The second-order valence-electron chi connectivity index (χ2n) is 6.82. The predicted octanol–water partition coefficient (Wildman–Crippen LogP) is 3.86. The van der Waals surface area contributed by atoms with Crippen molar-refractivity contribution in [1.82, 2.24) is 9.80 Å². The number of carbonyl (C=O) groups is 1. The number of hydrogen-bond donors (Lipinski definition) is 0. The highest BCUT2D eigenvalue weighted by molar-refractivity contribution is 6.30. The van der Waals surface area contributed by atoms with Gasteiger partial charge in [0.2, 0.25) is 0 Å². The molecule has 1 heterocycles. The van der Waals surface area contributed by atoms with Gasteiger partial charge in [0, 0.05) is 37.3 Å². The highest BCUT2D eigenvalue weighted by atomic mass is 35.5. The number of benzene rings is 2. The average molecular weight is 385 g/mol. The van der Waals surface area contributed by atoms with Gasteiger partial charge in [0.15, 0.2) is 0 Å². The fourth-order valence-electron chi connectivity index (χ4n) is 3.40. The van der Waals surface area contributed by atoms with Crippen LogP contribution < -0.4 is 0 Å². The van der Waals surface area contributed by atoms with Crippen molar-refractivity contribution in [2.75, 3.05) is 40.3 Å². The Morgan fingerprint density at radius 3 is 2.44 bits per heavy atom. The Kier molecular flexibility index (Phi) is 6.67. The molecule has 0 saturated carbocycles. The maximum Gasteiger partial charge on any atom is 0.330 e. The van der Waals surface area contributed by atoms with Crippen molar-refractivity contribution < 1.29 is 9.53 Å². The number of likely N-dealkylation sites (N-methyl/N-ethyl adjacent to an activating group) is 1. The summed E-state index contributed by atoms with van der Waals surface area (Å²) in [5.41, 5.74) is 3.40. The van der Waals surface area contributed by atoms with Crippen molar-refractivity contribution in [1.29, 1.82) is 0 Å². The van der Waals surface area contributed by atoms with Crippen LogP contribution in [0.3, 0.4) is 0 Å². The Hall–Kier alpha value is -2.14. The molecule has 0 amide bonds. The summed E-state index contributed by atoms with van der Waals surface area (Å²) in [5, 5.41) is 0.741. The lowest BCUT2D eigenvalue weighted by atomic mass is 9.95. The highest BCUT2D eigenvalue weighted by Crippen LogP contribution is 2.31. The van der Waals surface area contributed by atoms with Gasteiger partial charge in [-0.2, -0.15) is 0 Å². The molecule has 3 rings (SSSR count). The molecule has 0 aromatic heterocycles. The molecule has 142 valence electrons. The van der Waals surface area contributed by atoms with Gasteiger partial charge < -0.3 is 9.64 Å². The zero-order chi connectivity index (χ0) is 19.2. The van der Waals surface area contributed by atoms with Crippen LogP contribution in [0.25, 0.3) is 6.08 Å². The van der Waals surface area contributed by atoms with E-state index in [-0.39, 0.29) is 12.0 Å². The molecule has 1 unspecified atom stereocenters. The molecular weight excluding hydrogens is 360 g/mol. The summed E-state index contributed by atoms with van der Waals surface area (Å²) in [4.78, 5) is 16.3. The maximum absolute atomic E-state index is 11.4. The minimum atomic E-state index is -0.353. The third kappa shape index (κ3) is 5.19. The van der Waals surface area contributed by atoms with Crippen LogP contribution in [0.1, 0.15) is 22.7 Å². The first-order valence-electron chi connectivity index (χ1n) is 9.11. The molecule has 1 fully saturated rings. The molecule has 0 radical (unpaired) electrons. The monoisotopic (exact) mass is 384 g/mol. The van der Waals surface area contributed by atoms with E-state index < -0.39 is 0 Å². The Balaban J connectivity index is 1.94. The van der Waals surface area contributed by atoms with Crippen molar-refractivity contribution in [3.05, 3.63) is 76.3 Å². The fraction of sp³-hybridized carbons (Fsp3) is 0.318. The standard InChI is InChI=1S/C22H25ClN2O2/c1-24-12-14-25(15-13-24)22(18-7-9-20(23)10-8-18)19-5-3-4-17(16-19)6-11-21(26)27-2/h3-11,16,22H,12-15H2,1-2H3. The van der Waals surface area contributed by atoms with Crippen LogP contribution in [0.5, 0.6) is 0 Å². The summed E-state index contributed by atoms with van der Waals surface area (Å²) in [6, 6.07) is 16.6. The van der Waals surface area contributed by atoms with Crippen LogP contribution >= 0.6 is 11.6 Å². The molecule has 1 aliphatic heterocycles. The molecule has 1 atom stereocenters. The van der Waals surface area contributed by atoms with Crippen LogP contribution in [-0.2, 0) is 9.53 Å². The normalized spacial score (nSPS) is 17.1. The van der Waals surface area contributed by atoms with Crippen molar-refractivity contribution in [2.45, 2.75) is 6.04 Å². The maximum atomic E-state index is 11.4. The molecule has 27 heavy (non-hydrogen) atoms. The zero-order valence-electron chi connectivity index (χ0n) is 15.8. The molecule has 5 heteroatoms. The van der Waals surface area contributed by atoms with E-state index in [1.165, 1.54) is 24.3 Å².